The van der Waals surface area contributed by atoms with Crippen molar-refractivity contribution in [1.82, 2.24) is 0 Å². The summed E-state index contributed by atoms with van der Waals surface area (Å²) in [5.74, 6) is -0.317. The van der Waals surface area contributed by atoms with E-state index in [-0.39, 0.29) is 34.7 Å². The largest absolute Gasteiger partial charge is 0.486 e. The maximum Gasteiger partial charge on any atom is 0.335 e. The summed E-state index contributed by atoms with van der Waals surface area (Å²) in [7, 11) is 0. The van der Waals surface area contributed by atoms with Crippen molar-refractivity contribution >= 4 is 17.7 Å². The summed E-state index contributed by atoms with van der Waals surface area (Å²) < 4.78 is 5.56. The summed E-state index contributed by atoms with van der Waals surface area (Å²) in [6, 6.07) is 3.61. The van der Waals surface area contributed by atoms with Gasteiger partial charge in [-0.3, -0.25) is 4.79 Å². The van der Waals surface area contributed by atoms with Crippen LogP contribution < -0.4 is 4.74 Å². The Morgan fingerprint density at radius 2 is 1.35 bits per heavy atom. The summed E-state index contributed by atoms with van der Waals surface area (Å²) in [5.41, 5.74) is -0.612. The number of carboxylic acids is 2. The normalized spacial score (nSPS) is 31.6. The van der Waals surface area contributed by atoms with Gasteiger partial charge < -0.3 is 14.9 Å². The van der Waals surface area contributed by atoms with Gasteiger partial charge in [-0.15, -0.1) is 0 Å². The van der Waals surface area contributed by atoms with Gasteiger partial charge in [-0.25, -0.2) is 9.59 Å². The predicted octanol–water partition coefficient (Wildman–Crippen LogP) is 3.25. The number of carbonyl (C=O) groups is 3. The summed E-state index contributed by atoms with van der Waals surface area (Å²) in [6.45, 7) is -0.131. The molecule has 138 valence electrons. The molecule has 0 unspecified atom stereocenters. The molecule has 6 nitrogen and oxygen atoms in total. The predicted molar refractivity (Wildman–Crippen MR) is 91.5 cm³/mol. The third-order valence-corrected chi connectivity index (χ3v) is 6.40. The Balaban J connectivity index is 1.50. The highest BCUT2D eigenvalue weighted by atomic mass is 16.5. The molecule has 2 N–H and O–H groups in total. The highest BCUT2D eigenvalue weighted by molar-refractivity contribution is 5.94. The third kappa shape index (κ3) is 2.97. The molecule has 4 aliphatic rings. The van der Waals surface area contributed by atoms with E-state index in [4.69, 9.17) is 14.9 Å². The second-order valence-electron chi connectivity index (χ2n) is 8.27. The van der Waals surface area contributed by atoms with Crippen LogP contribution in [0.2, 0.25) is 0 Å². The van der Waals surface area contributed by atoms with Crippen molar-refractivity contribution in [2.75, 3.05) is 6.61 Å². The molecule has 4 bridgehead atoms. The maximum absolute atomic E-state index is 12.9. The minimum absolute atomic E-state index is 0.0780. The van der Waals surface area contributed by atoms with Crippen LogP contribution in [0.1, 0.15) is 59.2 Å². The first-order valence-corrected chi connectivity index (χ1v) is 9.12. The highest BCUT2D eigenvalue weighted by Gasteiger charge is 2.54. The molecule has 0 heterocycles. The van der Waals surface area contributed by atoms with Gasteiger partial charge in [-0.2, -0.15) is 0 Å². The molecule has 0 saturated heterocycles. The van der Waals surface area contributed by atoms with Crippen molar-refractivity contribution in [3.63, 3.8) is 0 Å². The molecule has 6 heteroatoms. The molecule has 0 aliphatic heterocycles. The molecule has 4 fully saturated rings. The zero-order valence-corrected chi connectivity index (χ0v) is 14.4. The second-order valence-corrected chi connectivity index (χ2v) is 8.27. The van der Waals surface area contributed by atoms with E-state index in [1.54, 1.807) is 0 Å². The number of aromatic carboxylic acids is 2. The van der Waals surface area contributed by atoms with Gasteiger partial charge in [0.15, 0.2) is 5.78 Å². The first kappa shape index (κ1) is 17.1. The number of hydrogen-bond acceptors (Lipinski definition) is 4. The molecule has 0 amide bonds. The molecule has 0 atom stereocenters. The van der Waals surface area contributed by atoms with Gasteiger partial charge in [-0.1, -0.05) is 0 Å². The van der Waals surface area contributed by atoms with Crippen LogP contribution in [-0.2, 0) is 4.79 Å². The lowest BCUT2D eigenvalue weighted by Crippen LogP contribution is -2.51. The molecule has 0 radical (unpaired) electrons. The average Bonchev–Trinajstić information content (AvgIpc) is 2.58. The van der Waals surface area contributed by atoms with Gasteiger partial charge in [0.1, 0.15) is 12.4 Å². The Labute approximate surface area is 151 Å². The summed E-state index contributed by atoms with van der Waals surface area (Å²) in [5, 5.41) is 18.3. The molecular formula is C20H22O6. The molecule has 4 aliphatic carbocycles. The lowest BCUT2D eigenvalue weighted by molar-refractivity contribution is -0.145. The molecule has 1 aromatic rings. The first-order chi connectivity index (χ1) is 12.3. The van der Waals surface area contributed by atoms with Crippen molar-refractivity contribution in [2.45, 2.75) is 38.5 Å². The number of benzene rings is 1. The standard InChI is InChI=1S/C20H22O6/c21-17(20-7-11-1-12(8-20)3-13(2-11)9-20)10-26-16-5-14(18(22)23)4-15(6-16)19(24)25/h4-6,11-13H,1-3,7-10H2,(H,22,23)(H,24,25). The van der Waals surface area contributed by atoms with Crippen LogP contribution >= 0.6 is 0 Å². The monoisotopic (exact) mass is 358 g/mol. The van der Waals surface area contributed by atoms with Gasteiger partial charge in [0.25, 0.3) is 0 Å². The van der Waals surface area contributed by atoms with E-state index in [1.807, 2.05) is 0 Å². The lowest BCUT2D eigenvalue weighted by Gasteiger charge is -2.55. The number of rotatable bonds is 6. The number of carboxylic acid groups (broad SMARTS) is 2. The third-order valence-electron chi connectivity index (χ3n) is 6.40. The lowest BCUT2D eigenvalue weighted by atomic mass is 9.48. The fraction of sp³-hybridized carbons (Fsp3) is 0.550. The quantitative estimate of drug-likeness (QED) is 0.809. The molecule has 4 saturated carbocycles. The Kier molecular flexibility index (Phi) is 4.01. The van der Waals surface area contributed by atoms with Crippen LogP contribution in [0.4, 0.5) is 0 Å². The van der Waals surface area contributed by atoms with E-state index in [0.717, 1.165) is 25.3 Å². The zero-order valence-electron chi connectivity index (χ0n) is 14.4. The van der Waals surface area contributed by atoms with E-state index >= 15 is 0 Å². The molecule has 5 rings (SSSR count). The van der Waals surface area contributed by atoms with Crippen molar-refractivity contribution in [3.05, 3.63) is 29.3 Å². The van der Waals surface area contributed by atoms with Crippen molar-refractivity contribution in [2.24, 2.45) is 23.2 Å². The van der Waals surface area contributed by atoms with E-state index in [2.05, 4.69) is 0 Å². The Bertz CT molecular complexity index is 713. The number of carbonyl (C=O) groups excluding carboxylic acids is 1. The number of Topliss-reactive ketones (excluding diaryl/α,β-unsaturated/α-hetero) is 1. The zero-order chi connectivity index (χ0) is 18.5. The fourth-order valence-electron chi connectivity index (χ4n) is 5.68. The van der Waals surface area contributed by atoms with Gasteiger partial charge in [-0.05, 0) is 74.5 Å². The van der Waals surface area contributed by atoms with Crippen LogP contribution in [-0.4, -0.2) is 34.5 Å². The Morgan fingerprint density at radius 3 is 1.77 bits per heavy atom. The SMILES string of the molecule is O=C(O)c1cc(OCC(=O)C23CC4CC(CC(C4)C2)C3)cc(C(=O)O)c1. The van der Waals surface area contributed by atoms with E-state index < -0.39 is 11.9 Å². The molecule has 0 spiro atoms. The molecule has 0 aromatic heterocycles. The van der Waals surface area contributed by atoms with Crippen LogP contribution in [0.25, 0.3) is 0 Å². The fourth-order valence-corrected chi connectivity index (χ4v) is 5.68. The van der Waals surface area contributed by atoms with E-state index in [0.29, 0.717) is 17.8 Å². The topological polar surface area (TPSA) is 101 Å². The van der Waals surface area contributed by atoms with E-state index in [1.165, 1.54) is 31.4 Å². The van der Waals surface area contributed by atoms with Crippen LogP contribution in [0.3, 0.4) is 0 Å². The number of ether oxygens (including phenoxy) is 1. The summed E-state index contributed by atoms with van der Waals surface area (Å²) in [6.07, 6.45) is 6.56. The molecule has 26 heavy (non-hydrogen) atoms. The van der Waals surface area contributed by atoms with Gasteiger partial charge in [0.2, 0.25) is 0 Å². The molecular weight excluding hydrogens is 336 g/mol. The summed E-state index contributed by atoms with van der Waals surface area (Å²) in [4.78, 5) is 35.3. The maximum atomic E-state index is 12.9. The van der Waals surface area contributed by atoms with Crippen LogP contribution in [0.15, 0.2) is 18.2 Å². The number of ketones is 1. The van der Waals surface area contributed by atoms with Crippen LogP contribution in [0.5, 0.6) is 5.75 Å². The minimum atomic E-state index is -1.23. The van der Waals surface area contributed by atoms with E-state index in [9.17, 15) is 14.4 Å². The highest BCUT2D eigenvalue weighted by Crippen LogP contribution is 2.60. The second kappa shape index (κ2) is 6.11. The van der Waals surface area contributed by atoms with Crippen molar-refractivity contribution < 1.29 is 29.3 Å². The van der Waals surface area contributed by atoms with Crippen molar-refractivity contribution in [3.8, 4) is 5.75 Å². The van der Waals surface area contributed by atoms with Crippen molar-refractivity contribution in [1.29, 1.82) is 0 Å². The van der Waals surface area contributed by atoms with Gasteiger partial charge in [0, 0.05) is 5.41 Å². The van der Waals surface area contributed by atoms with Gasteiger partial charge in [0.05, 0.1) is 11.1 Å². The van der Waals surface area contributed by atoms with Crippen LogP contribution in [0, 0.1) is 23.2 Å². The van der Waals surface area contributed by atoms with Gasteiger partial charge >= 0.3 is 11.9 Å². The smallest absolute Gasteiger partial charge is 0.335 e. The average molecular weight is 358 g/mol. The Morgan fingerprint density at radius 1 is 0.885 bits per heavy atom. The first-order valence-electron chi connectivity index (χ1n) is 9.12. The minimum Gasteiger partial charge on any atom is -0.486 e. The summed E-state index contributed by atoms with van der Waals surface area (Å²) >= 11 is 0. The Hall–Kier alpha value is -2.37. The molecule has 1 aromatic carbocycles. The number of hydrogen-bond donors (Lipinski definition) is 2.